The van der Waals surface area contributed by atoms with Crippen LogP contribution in [0, 0.1) is 6.92 Å². The third kappa shape index (κ3) is 3.24. The van der Waals surface area contributed by atoms with E-state index in [1.54, 1.807) is 11.9 Å². The second-order valence-corrected chi connectivity index (χ2v) is 8.34. The van der Waals surface area contributed by atoms with Crippen LogP contribution in [-0.2, 0) is 21.2 Å². The maximum absolute atomic E-state index is 12.4. The summed E-state index contributed by atoms with van der Waals surface area (Å²) in [6.45, 7) is 2.48. The number of amides is 1. The van der Waals surface area contributed by atoms with E-state index in [0.717, 1.165) is 16.9 Å². The SMILES string of the molecule is Cc1nc2ccccc2n1CCC(=O)N(C)[C@H]1CCS(=O)(=O)C1. The molecule has 2 heterocycles. The molecule has 0 unspecified atom stereocenters. The molecule has 2 aromatic rings. The van der Waals surface area contributed by atoms with Crippen LogP contribution in [-0.4, -0.2) is 53.4 Å². The van der Waals surface area contributed by atoms with E-state index in [-0.39, 0.29) is 23.5 Å². The lowest BCUT2D eigenvalue weighted by Crippen LogP contribution is -2.38. The summed E-state index contributed by atoms with van der Waals surface area (Å²) < 4.78 is 25.1. The number of hydrogen-bond acceptors (Lipinski definition) is 4. The third-order valence-corrected chi connectivity index (χ3v) is 6.29. The van der Waals surface area contributed by atoms with E-state index < -0.39 is 9.84 Å². The summed E-state index contributed by atoms with van der Waals surface area (Å²) in [5.74, 6) is 1.12. The van der Waals surface area contributed by atoms with Crippen LogP contribution in [0.1, 0.15) is 18.7 Å². The Kier molecular flexibility index (Phi) is 4.14. The molecule has 1 aromatic heterocycles. The van der Waals surface area contributed by atoms with Gasteiger partial charge in [-0.25, -0.2) is 13.4 Å². The van der Waals surface area contributed by atoms with E-state index in [2.05, 4.69) is 4.98 Å². The number of rotatable bonds is 4. The van der Waals surface area contributed by atoms with Crippen LogP contribution in [0.4, 0.5) is 0 Å². The lowest BCUT2D eigenvalue weighted by atomic mass is 10.2. The van der Waals surface area contributed by atoms with Crippen LogP contribution < -0.4 is 0 Å². The predicted octanol–water partition coefficient (Wildman–Crippen LogP) is 1.38. The molecule has 0 radical (unpaired) electrons. The lowest BCUT2D eigenvalue weighted by molar-refractivity contribution is -0.131. The molecule has 0 bridgehead atoms. The first-order valence-electron chi connectivity index (χ1n) is 7.75. The molecule has 1 atom stereocenters. The molecule has 3 rings (SSSR count). The van der Waals surface area contributed by atoms with Gasteiger partial charge in [-0.2, -0.15) is 0 Å². The van der Waals surface area contributed by atoms with Crippen LogP contribution in [0.5, 0.6) is 0 Å². The van der Waals surface area contributed by atoms with E-state index in [0.29, 0.717) is 19.4 Å². The van der Waals surface area contributed by atoms with Crippen LogP contribution in [0.2, 0.25) is 0 Å². The number of imidazole rings is 1. The summed E-state index contributed by atoms with van der Waals surface area (Å²) in [7, 11) is -1.28. The van der Waals surface area contributed by atoms with Gasteiger partial charge in [0, 0.05) is 26.1 Å². The molecule has 0 spiro atoms. The summed E-state index contributed by atoms with van der Waals surface area (Å²) in [6.07, 6.45) is 0.881. The molecule has 1 aliphatic rings. The minimum Gasteiger partial charge on any atom is -0.342 e. The highest BCUT2D eigenvalue weighted by atomic mass is 32.2. The summed E-state index contributed by atoms with van der Waals surface area (Å²) in [6, 6.07) is 7.66. The number of fused-ring (bicyclic) bond motifs is 1. The molecule has 7 heteroatoms. The Balaban J connectivity index is 1.68. The minimum atomic E-state index is -2.98. The summed E-state index contributed by atoms with van der Waals surface area (Å²) >= 11 is 0. The van der Waals surface area contributed by atoms with Crippen LogP contribution >= 0.6 is 0 Å². The molecule has 124 valence electrons. The number of carbonyl (C=O) groups excluding carboxylic acids is 1. The Morgan fingerprint density at radius 1 is 1.39 bits per heavy atom. The number of aromatic nitrogens is 2. The Morgan fingerprint density at radius 2 is 2.13 bits per heavy atom. The Bertz CT molecular complexity index is 841. The molecule has 1 aromatic carbocycles. The topological polar surface area (TPSA) is 72.3 Å². The van der Waals surface area contributed by atoms with Gasteiger partial charge < -0.3 is 9.47 Å². The van der Waals surface area contributed by atoms with Crippen molar-refractivity contribution in [2.75, 3.05) is 18.6 Å². The fourth-order valence-corrected chi connectivity index (χ4v) is 4.92. The maximum atomic E-state index is 12.4. The standard InChI is InChI=1S/C16H21N3O3S/c1-12-17-14-5-3-4-6-15(14)19(12)9-7-16(20)18(2)13-8-10-23(21,22)11-13/h3-6,13H,7-11H2,1-2H3/t13-/m0/s1. The highest BCUT2D eigenvalue weighted by Crippen LogP contribution is 2.19. The molecule has 1 amide bonds. The number of para-hydroxylation sites is 2. The molecule has 0 N–H and O–H groups in total. The maximum Gasteiger partial charge on any atom is 0.224 e. The summed E-state index contributed by atoms with van der Waals surface area (Å²) in [4.78, 5) is 18.5. The van der Waals surface area contributed by atoms with E-state index in [4.69, 9.17) is 0 Å². The van der Waals surface area contributed by atoms with E-state index in [1.807, 2.05) is 35.8 Å². The number of nitrogens with zero attached hydrogens (tertiary/aromatic N) is 3. The van der Waals surface area contributed by atoms with Gasteiger partial charge in [0.1, 0.15) is 5.82 Å². The van der Waals surface area contributed by atoms with Crippen molar-refractivity contribution in [2.24, 2.45) is 0 Å². The van der Waals surface area contributed by atoms with Gasteiger partial charge in [0.2, 0.25) is 5.91 Å². The lowest BCUT2D eigenvalue weighted by Gasteiger charge is -2.23. The third-order valence-electron chi connectivity index (χ3n) is 4.54. The van der Waals surface area contributed by atoms with Gasteiger partial charge in [0.15, 0.2) is 9.84 Å². The second kappa shape index (κ2) is 5.96. The summed E-state index contributed by atoms with van der Waals surface area (Å²) in [5.41, 5.74) is 1.94. The number of benzene rings is 1. The molecule has 23 heavy (non-hydrogen) atoms. The van der Waals surface area contributed by atoms with Gasteiger partial charge in [-0.05, 0) is 25.5 Å². The van der Waals surface area contributed by atoms with E-state index in [1.165, 1.54) is 0 Å². The van der Waals surface area contributed by atoms with Crippen molar-refractivity contribution in [3.05, 3.63) is 30.1 Å². The van der Waals surface area contributed by atoms with E-state index >= 15 is 0 Å². The van der Waals surface area contributed by atoms with Gasteiger partial charge in [-0.1, -0.05) is 12.1 Å². The average molecular weight is 335 g/mol. The first-order chi connectivity index (χ1) is 10.9. The van der Waals surface area contributed by atoms with Gasteiger partial charge in [-0.3, -0.25) is 4.79 Å². The van der Waals surface area contributed by atoms with Gasteiger partial charge in [-0.15, -0.1) is 0 Å². The zero-order valence-electron chi connectivity index (χ0n) is 13.4. The van der Waals surface area contributed by atoms with Crippen LogP contribution in [0.25, 0.3) is 11.0 Å². The molecule has 1 saturated heterocycles. The predicted molar refractivity (Wildman–Crippen MR) is 88.9 cm³/mol. The molecule has 0 saturated carbocycles. The zero-order chi connectivity index (χ0) is 16.6. The smallest absolute Gasteiger partial charge is 0.224 e. The molecule has 1 fully saturated rings. The monoisotopic (exact) mass is 335 g/mol. The van der Waals surface area contributed by atoms with Crippen molar-refractivity contribution in [2.45, 2.75) is 32.4 Å². The van der Waals surface area contributed by atoms with Crippen LogP contribution in [0.15, 0.2) is 24.3 Å². The van der Waals surface area contributed by atoms with Crippen molar-refractivity contribution in [3.8, 4) is 0 Å². The Hall–Kier alpha value is -1.89. The fourth-order valence-electron chi connectivity index (χ4n) is 3.15. The number of aryl methyl sites for hydroxylation is 2. The molecular weight excluding hydrogens is 314 g/mol. The van der Waals surface area contributed by atoms with Crippen molar-refractivity contribution >= 4 is 26.8 Å². The van der Waals surface area contributed by atoms with E-state index in [9.17, 15) is 13.2 Å². The van der Waals surface area contributed by atoms with Crippen molar-refractivity contribution < 1.29 is 13.2 Å². The highest BCUT2D eigenvalue weighted by Gasteiger charge is 2.32. The van der Waals surface area contributed by atoms with Gasteiger partial charge in [0.25, 0.3) is 0 Å². The Labute approximate surface area is 136 Å². The number of sulfone groups is 1. The molecule has 0 aliphatic carbocycles. The first-order valence-corrected chi connectivity index (χ1v) is 9.57. The highest BCUT2D eigenvalue weighted by molar-refractivity contribution is 7.91. The average Bonchev–Trinajstić information content (AvgIpc) is 3.03. The molecule has 6 nitrogen and oxygen atoms in total. The minimum absolute atomic E-state index is 0.0238. The van der Waals surface area contributed by atoms with Crippen LogP contribution in [0.3, 0.4) is 0 Å². The first kappa shape index (κ1) is 16.0. The van der Waals surface area contributed by atoms with Gasteiger partial charge >= 0.3 is 0 Å². The van der Waals surface area contributed by atoms with Gasteiger partial charge in [0.05, 0.1) is 22.5 Å². The zero-order valence-corrected chi connectivity index (χ0v) is 14.2. The number of carbonyl (C=O) groups is 1. The largest absolute Gasteiger partial charge is 0.342 e. The fraction of sp³-hybridized carbons (Fsp3) is 0.500. The quantitative estimate of drug-likeness (QED) is 0.846. The van der Waals surface area contributed by atoms with Crippen molar-refractivity contribution in [1.82, 2.24) is 14.5 Å². The second-order valence-electron chi connectivity index (χ2n) is 6.11. The molecule has 1 aliphatic heterocycles. The van der Waals surface area contributed by atoms with Crippen molar-refractivity contribution in [1.29, 1.82) is 0 Å². The normalized spacial score (nSPS) is 20.0. The Morgan fingerprint density at radius 3 is 2.83 bits per heavy atom. The number of hydrogen-bond donors (Lipinski definition) is 0. The van der Waals surface area contributed by atoms with Crippen molar-refractivity contribution in [3.63, 3.8) is 0 Å². The molecular formula is C16H21N3O3S. The summed E-state index contributed by atoms with van der Waals surface area (Å²) in [5, 5.41) is 0.